The number of nitrogens with zero attached hydrogens (tertiary/aromatic N) is 1. The number of halogens is 3. The van der Waals surface area contributed by atoms with Crippen molar-refractivity contribution < 1.29 is 27.6 Å². The number of hydrogen-bond acceptors (Lipinski definition) is 5. The number of aryl methyl sites for hydroxylation is 1. The molecule has 0 saturated carbocycles. The summed E-state index contributed by atoms with van der Waals surface area (Å²) in [5.74, 6) is -0.607. The molecule has 2 aromatic rings. The third-order valence-electron chi connectivity index (χ3n) is 3.45. The molecule has 0 bridgehead atoms. The summed E-state index contributed by atoms with van der Waals surface area (Å²) in [5, 5.41) is 13.8. The van der Waals surface area contributed by atoms with Gasteiger partial charge in [0, 0.05) is 11.8 Å². The first-order valence-electron chi connectivity index (χ1n) is 6.95. The molecule has 0 fully saturated rings. The van der Waals surface area contributed by atoms with Gasteiger partial charge in [0.25, 0.3) is 5.69 Å². The second kappa shape index (κ2) is 6.80. The van der Waals surface area contributed by atoms with E-state index in [1.165, 1.54) is 19.2 Å². The molecular formula is C16H13F3N2O4. The lowest BCUT2D eigenvalue weighted by Gasteiger charge is -2.13. The number of benzene rings is 2. The Hall–Kier alpha value is -3.10. The standard InChI is InChI=1S/C16H13F3N2O4/c1-9-3-4-10(15(22)25-2)7-13(9)20-12-6-5-11(16(17,18)19)8-14(12)21(23)24/h3-8,20H,1-2H3. The number of hydrogen-bond donors (Lipinski definition) is 1. The third-order valence-corrected chi connectivity index (χ3v) is 3.45. The Labute approximate surface area is 140 Å². The van der Waals surface area contributed by atoms with Gasteiger partial charge in [0.1, 0.15) is 5.69 Å². The molecule has 0 unspecified atom stereocenters. The molecule has 132 valence electrons. The van der Waals surface area contributed by atoms with Gasteiger partial charge in [-0.05, 0) is 36.8 Å². The van der Waals surface area contributed by atoms with E-state index in [2.05, 4.69) is 10.1 Å². The van der Waals surface area contributed by atoms with Crippen LogP contribution < -0.4 is 5.32 Å². The maximum atomic E-state index is 12.7. The van der Waals surface area contributed by atoms with E-state index in [0.717, 1.165) is 12.1 Å². The molecule has 0 aromatic heterocycles. The smallest absolute Gasteiger partial charge is 0.416 e. The number of nitro benzene ring substituents is 1. The Bertz CT molecular complexity index is 835. The van der Waals surface area contributed by atoms with E-state index in [9.17, 15) is 28.1 Å². The molecule has 0 aliphatic heterocycles. The molecule has 0 aliphatic rings. The second-order valence-corrected chi connectivity index (χ2v) is 5.13. The van der Waals surface area contributed by atoms with Crippen LogP contribution in [-0.4, -0.2) is 18.0 Å². The minimum absolute atomic E-state index is 0.122. The van der Waals surface area contributed by atoms with Crippen molar-refractivity contribution in [2.24, 2.45) is 0 Å². The highest BCUT2D eigenvalue weighted by Crippen LogP contribution is 2.36. The zero-order valence-electron chi connectivity index (χ0n) is 13.2. The van der Waals surface area contributed by atoms with Crippen molar-refractivity contribution in [3.63, 3.8) is 0 Å². The topological polar surface area (TPSA) is 81.5 Å². The predicted octanol–water partition coefficient (Wildman–Crippen LogP) is 4.45. The Morgan fingerprint density at radius 3 is 2.40 bits per heavy atom. The molecule has 2 rings (SSSR count). The van der Waals surface area contributed by atoms with Crippen molar-refractivity contribution >= 4 is 23.0 Å². The van der Waals surface area contributed by atoms with Gasteiger partial charge in [-0.15, -0.1) is 0 Å². The molecule has 2 aromatic carbocycles. The van der Waals surface area contributed by atoms with E-state index in [0.29, 0.717) is 17.3 Å². The van der Waals surface area contributed by atoms with Crippen molar-refractivity contribution in [2.45, 2.75) is 13.1 Å². The van der Waals surface area contributed by atoms with Crippen LogP contribution >= 0.6 is 0 Å². The number of nitro groups is 1. The van der Waals surface area contributed by atoms with E-state index >= 15 is 0 Å². The summed E-state index contributed by atoms with van der Waals surface area (Å²) >= 11 is 0. The third kappa shape index (κ3) is 4.06. The summed E-state index contributed by atoms with van der Waals surface area (Å²) in [7, 11) is 1.20. The number of rotatable bonds is 4. The van der Waals surface area contributed by atoms with Crippen LogP contribution in [0.3, 0.4) is 0 Å². The van der Waals surface area contributed by atoms with Gasteiger partial charge < -0.3 is 10.1 Å². The zero-order chi connectivity index (χ0) is 18.8. The fourth-order valence-electron chi connectivity index (χ4n) is 2.11. The first-order valence-corrected chi connectivity index (χ1v) is 6.95. The number of methoxy groups -OCH3 is 1. The van der Waals surface area contributed by atoms with Crippen molar-refractivity contribution in [3.05, 3.63) is 63.2 Å². The molecule has 0 aliphatic carbocycles. The number of carbonyl (C=O) groups excluding carboxylic acids is 1. The Kier molecular flexibility index (Phi) is 4.96. The molecule has 9 heteroatoms. The van der Waals surface area contributed by atoms with Gasteiger partial charge in [0.2, 0.25) is 0 Å². The summed E-state index contributed by atoms with van der Waals surface area (Å²) in [4.78, 5) is 21.8. The van der Waals surface area contributed by atoms with E-state index in [4.69, 9.17) is 0 Å². The Morgan fingerprint density at radius 1 is 1.16 bits per heavy atom. The van der Waals surface area contributed by atoms with E-state index in [1.54, 1.807) is 13.0 Å². The van der Waals surface area contributed by atoms with Crippen molar-refractivity contribution in [3.8, 4) is 0 Å². The maximum absolute atomic E-state index is 12.7. The molecule has 0 saturated heterocycles. The Balaban J connectivity index is 2.47. The van der Waals surface area contributed by atoms with Crippen molar-refractivity contribution in [2.75, 3.05) is 12.4 Å². The van der Waals surface area contributed by atoms with Gasteiger partial charge in [0.15, 0.2) is 0 Å². The highest BCUT2D eigenvalue weighted by Gasteiger charge is 2.33. The first kappa shape index (κ1) is 18.2. The lowest BCUT2D eigenvalue weighted by atomic mass is 10.1. The molecule has 0 atom stereocenters. The summed E-state index contributed by atoms with van der Waals surface area (Å²) in [6.07, 6.45) is -4.69. The first-order chi connectivity index (χ1) is 11.6. The molecular weight excluding hydrogens is 341 g/mol. The monoisotopic (exact) mass is 354 g/mol. The number of esters is 1. The minimum Gasteiger partial charge on any atom is -0.465 e. The highest BCUT2D eigenvalue weighted by molar-refractivity contribution is 5.91. The molecule has 0 heterocycles. The second-order valence-electron chi connectivity index (χ2n) is 5.13. The molecule has 6 nitrogen and oxygen atoms in total. The van der Waals surface area contributed by atoms with Crippen LogP contribution in [0.5, 0.6) is 0 Å². The van der Waals surface area contributed by atoms with Gasteiger partial charge in [0.05, 0.1) is 23.2 Å². The van der Waals surface area contributed by atoms with Crippen LogP contribution in [0.1, 0.15) is 21.5 Å². The number of alkyl halides is 3. The summed E-state index contributed by atoms with van der Waals surface area (Å²) in [6.45, 7) is 1.68. The lowest BCUT2D eigenvalue weighted by Crippen LogP contribution is -2.07. The van der Waals surface area contributed by atoms with Crippen LogP contribution in [0.15, 0.2) is 36.4 Å². The number of anilines is 2. The predicted molar refractivity (Wildman–Crippen MR) is 83.9 cm³/mol. The molecule has 0 spiro atoms. The average molecular weight is 354 g/mol. The quantitative estimate of drug-likeness (QED) is 0.498. The fraction of sp³-hybridized carbons (Fsp3) is 0.188. The minimum atomic E-state index is -4.69. The summed E-state index contributed by atoms with van der Waals surface area (Å²) < 4.78 is 42.8. The van der Waals surface area contributed by atoms with Gasteiger partial charge >= 0.3 is 12.1 Å². The van der Waals surface area contributed by atoms with Crippen LogP contribution in [-0.2, 0) is 10.9 Å². The Morgan fingerprint density at radius 2 is 1.84 bits per heavy atom. The van der Waals surface area contributed by atoms with Gasteiger partial charge in [-0.3, -0.25) is 10.1 Å². The zero-order valence-corrected chi connectivity index (χ0v) is 13.2. The maximum Gasteiger partial charge on any atom is 0.416 e. The van der Waals surface area contributed by atoms with Crippen LogP contribution in [0.2, 0.25) is 0 Å². The van der Waals surface area contributed by atoms with Gasteiger partial charge in [-0.2, -0.15) is 13.2 Å². The SMILES string of the molecule is COC(=O)c1ccc(C)c(Nc2ccc(C(F)(F)F)cc2[N+](=O)[O-])c1. The average Bonchev–Trinajstić information content (AvgIpc) is 2.55. The number of nitrogens with one attached hydrogen (secondary N) is 1. The van der Waals surface area contributed by atoms with E-state index in [1.807, 2.05) is 0 Å². The normalized spacial score (nSPS) is 11.1. The van der Waals surface area contributed by atoms with E-state index in [-0.39, 0.29) is 11.3 Å². The molecule has 25 heavy (non-hydrogen) atoms. The highest BCUT2D eigenvalue weighted by atomic mass is 19.4. The van der Waals surface area contributed by atoms with Crippen LogP contribution in [0, 0.1) is 17.0 Å². The largest absolute Gasteiger partial charge is 0.465 e. The van der Waals surface area contributed by atoms with Gasteiger partial charge in [-0.25, -0.2) is 4.79 Å². The summed E-state index contributed by atoms with van der Waals surface area (Å²) in [6, 6.07) is 6.68. The van der Waals surface area contributed by atoms with Crippen LogP contribution in [0.25, 0.3) is 0 Å². The van der Waals surface area contributed by atoms with Gasteiger partial charge in [-0.1, -0.05) is 6.07 Å². The number of carbonyl (C=O) groups is 1. The van der Waals surface area contributed by atoms with Crippen molar-refractivity contribution in [1.82, 2.24) is 0 Å². The van der Waals surface area contributed by atoms with Crippen molar-refractivity contribution in [1.29, 1.82) is 0 Å². The van der Waals surface area contributed by atoms with Crippen LogP contribution in [0.4, 0.5) is 30.2 Å². The summed E-state index contributed by atoms with van der Waals surface area (Å²) in [5.41, 5.74) is -0.789. The lowest BCUT2D eigenvalue weighted by molar-refractivity contribution is -0.384. The molecule has 0 radical (unpaired) electrons. The fourth-order valence-corrected chi connectivity index (χ4v) is 2.11. The van der Waals surface area contributed by atoms with E-state index < -0.39 is 28.3 Å². The molecule has 0 amide bonds. The number of ether oxygens (including phenoxy) is 1. The molecule has 1 N–H and O–H groups in total.